The van der Waals surface area contributed by atoms with E-state index in [4.69, 9.17) is 15.2 Å². The maximum atomic E-state index is 12.5. The average molecular weight is 562 g/mol. The van der Waals surface area contributed by atoms with Crippen LogP contribution in [-0.2, 0) is 9.59 Å². The lowest BCUT2D eigenvalue weighted by molar-refractivity contribution is -0.384. The number of hydrogen-bond acceptors (Lipinski definition) is 10. The van der Waals surface area contributed by atoms with Gasteiger partial charge < -0.3 is 15.2 Å². The van der Waals surface area contributed by atoms with Crippen molar-refractivity contribution in [3.8, 4) is 28.6 Å². The van der Waals surface area contributed by atoms with E-state index in [1.54, 1.807) is 34.9 Å². The van der Waals surface area contributed by atoms with E-state index in [2.05, 4.69) is 20.7 Å². The molecule has 3 N–H and O–H groups in total. The Bertz CT molecular complexity index is 1560. The summed E-state index contributed by atoms with van der Waals surface area (Å²) < 4.78 is 12.3. The second-order valence-electron chi connectivity index (χ2n) is 8.03. The maximum Gasteiger partial charge on any atom is 0.270 e. The first kappa shape index (κ1) is 27.8. The molecular formula is C26H23N7O6S. The minimum atomic E-state index is -0.615. The standard InChI is InChI=1S/C26H23N7O6S/c1-38-22-12-17(10-11-21(22)39-15-23(27)34)14-28-29-24(35)16-40-26-31-30-25(32(26)19-7-3-2-4-8-19)18-6-5-9-20(13-18)33(36)37/h2-14H,15-16H2,1H3,(H2,27,34)(H,29,35)/b28-14-. The van der Waals surface area contributed by atoms with Gasteiger partial charge in [0.25, 0.3) is 17.5 Å². The summed E-state index contributed by atoms with van der Waals surface area (Å²) in [6.45, 7) is -0.289. The fourth-order valence-corrected chi connectivity index (χ4v) is 4.24. The van der Waals surface area contributed by atoms with E-state index in [1.165, 1.54) is 25.5 Å². The number of hydrogen-bond donors (Lipinski definition) is 2. The number of carbonyl (C=O) groups excluding carboxylic acids is 2. The molecule has 14 heteroatoms. The minimum absolute atomic E-state index is 0.0273. The van der Waals surface area contributed by atoms with E-state index >= 15 is 0 Å². The van der Waals surface area contributed by atoms with Crippen molar-refractivity contribution in [3.05, 3.63) is 88.5 Å². The molecule has 4 rings (SSSR count). The Morgan fingerprint density at radius 3 is 2.62 bits per heavy atom. The summed E-state index contributed by atoms with van der Waals surface area (Å²) in [7, 11) is 1.45. The molecule has 1 heterocycles. The summed E-state index contributed by atoms with van der Waals surface area (Å²) in [5, 5.41) is 24.1. The van der Waals surface area contributed by atoms with Gasteiger partial charge in [-0.2, -0.15) is 5.10 Å². The first-order valence-corrected chi connectivity index (χ1v) is 12.6. The molecule has 204 valence electrons. The van der Waals surface area contributed by atoms with Crippen LogP contribution in [0.3, 0.4) is 0 Å². The molecule has 0 unspecified atom stereocenters. The highest BCUT2D eigenvalue weighted by Gasteiger charge is 2.19. The highest BCUT2D eigenvalue weighted by Crippen LogP contribution is 2.30. The molecule has 0 radical (unpaired) electrons. The van der Waals surface area contributed by atoms with Crippen molar-refractivity contribution >= 4 is 35.5 Å². The van der Waals surface area contributed by atoms with E-state index in [9.17, 15) is 19.7 Å². The molecule has 0 fully saturated rings. The number of thioether (sulfide) groups is 1. The number of nitro benzene ring substituents is 1. The fraction of sp³-hybridized carbons (Fsp3) is 0.115. The number of aromatic nitrogens is 3. The molecule has 0 atom stereocenters. The third-order valence-corrected chi connectivity index (χ3v) is 6.18. The number of hydrazone groups is 1. The molecule has 0 bridgehead atoms. The van der Waals surface area contributed by atoms with Gasteiger partial charge in [-0.3, -0.25) is 24.3 Å². The van der Waals surface area contributed by atoms with Gasteiger partial charge in [0, 0.05) is 23.4 Å². The summed E-state index contributed by atoms with van der Waals surface area (Å²) in [4.78, 5) is 34.2. The zero-order chi connectivity index (χ0) is 28.5. The SMILES string of the molecule is COc1cc(/C=N\NC(=O)CSc2nnc(-c3cccc([N+](=O)[O-])c3)n2-c2ccccc2)ccc1OCC(N)=O. The van der Waals surface area contributed by atoms with Crippen molar-refractivity contribution in [1.82, 2.24) is 20.2 Å². The van der Waals surface area contributed by atoms with Crippen molar-refractivity contribution in [3.63, 3.8) is 0 Å². The number of nitrogens with one attached hydrogen (secondary N) is 1. The minimum Gasteiger partial charge on any atom is -0.493 e. The Kier molecular flexibility index (Phi) is 9.04. The molecule has 1 aromatic heterocycles. The summed E-state index contributed by atoms with van der Waals surface area (Å²) in [6.07, 6.45) is 1.43. The van der Waals surface area contributed by atoms with Crippen molar-refractivity contribution in [2.24, 2.45) is 10.8 Å². The summed E-state index contributed by atoms with van der Waals surface area (Å²) in [5.74, 6) is 0.0657. The highest BCUT2D eigenvalue weighted by molar-refractivity contribution is 7.99. The molecule has 3 aromatic carbocycles. The Balaban J connectivity index is 1.45. The molecular weight excluding hydrogens is 538 g/mol. The first-order valence-electron chi connectivity index (χ1n) is 11.6. The number of carbonyl (C=O) groups is 2. The number of ether oxygens (including phenoxy) is 2. The predicted molar refractivity (Wildman–Crippen MR) is 148 cm³/mol. The largest absolute Gasteiger partial charge is 0.493 e. The van der Waals surface area contributed by atoms with Gasteiger partial charge in [0.15, 0.2) is 29.1 Å². The quantitative estimate of drug-likeness (QED) is 0.114. The lowest BCUT2D eigenvalue weighted by Crippen LogP contribution is -2.20. The van der Waals surface area contributed by atoms with Gasteiger partial charge in [0.05, 0.1) is 24.0 Å². The Morgan fingerprint density at radius 1 is 1.10 bits per heavy atom. The molecule has 0 aliphatic carbocycles. The number of primary amides is 1. The van der Waals surface area contributed by atoms with Gasteiger partial charge in [-0.05, 0) is 35.9 Å². The lowest BCUT2D eigenvalue weighted by Gasteiger charge is -2.10. The third-order valence-electron chi connectivity index (χ3n) is 5.26. The van der Waals surface area contributed by atoms with Crippen LogP contribution in [0.4, 0.5) is 5.69 Å². The van der Waals surface area contributed by atoms with Crippen LogP contribution in [0, 0.1) is 10.1 Å². The van der Waals surface area contributed by atoms with Crippen molar-refractivity contribution in [2.75, 3.05) is 19.5 Å². The number of methoxy groups -OCH3 is 1. The first-order chi connectivity index (χ1) is 19.4. The maximum absolute atomic E-state index is 12.5. The van der Waals surface area contributed by atoms with Gasteiger partial charge in [0.2, 0.25) is 0 Å². The monoisotopic (exact) mass is 561 g/mol. The number of nitro groups is 1. The fourth-order valence-electron chi connectivity index (χ4n) is 3.49. The number of para-hydroxylation sites is 1. The van der Waals surface area contributed by atoms with E-state index < -0.39 is 16.7 Å². The van der Waals surface area contributed by atoms with Crippen LogP contribution >= 0.6 is 11.8 Å². The van der Waals surface area contributed by atoms with Crippen LogP contribution in [-0.4, -0.2) is 57.2 Å². The number of non-ortho nitro benzene ring substituents is 1. The summed E-state index contributed by atoms with van der Waals surface area (Å²) in [5.41, 5.74) is 9.33. The van der Waals surface area contributed by atoms with Crippen molar-refractivity contribution < 1.29 is 24.0 Å². The smallest absolute Gasteiger partial charge is 0.270 e. The van der Waals surface area contributed by atoms with E-state index in [-0.39, 0.29) is 18.0 Å². The number of nitrogens with zero attached hydrogens (tertiary/aromatic N) is 5. The molecule has 0 aliphatic heterocycles. The van der Waals surface area contributed by atoms with Gasteiger partial charge in [0.1, 0.15) is 0 Å². The van der Waals surface area contributed by atoms with Crippen LogP contribution in [0.1, 0.15) is 5.56 Å². The Morgan fingerprint density at radius 2 is 1.90 bits per heavy atom. The zero-order valence-electron chi connectivity index (χ0n) is 21.1. The number of rotatable bonds is 12. The summed E-state index contributed by atoms with van der Waals surface area (Å²) in [6, 6.07) is 20.2. The number of nitrogens with two attached hydrogens (primary N) is 1. The normalized spacial score (nSPS) is 10.8. The van der Waals surface area contributed by atoms with E-state index in [1.807, 2.05) is 30.3 Å². The zero-order valence-corrected chi connectivity index (χ0v) is 21.9. The Labute approximate surface area is 232 Å². The van der Waals surface area contributed by atoms with Crippen molar-refractivity contribution in [1.29, 1.82) is 0 Å². The molecule has 13 nitrogen and oxygen atoms in total. The molecule has 40 heavy (non-hydrogen) atoms. The summed E-state index contributed by atoms with van der Waals surface area (Å²) >= 11 is 1.13. The molecule has 0 saturated heterocycles. The highest BCUT2D eigenvalue weighted by atomic mass is 32.2. The Hall–Kier alpha value is -5.24. The number of benzene rings is 3. The van der Waals surface area contributed by atoms with E-state index in [0.29, 0.717) is 33.6 Å². The molecule has 0 saturated carbocycles. The molecule has 0 spiro atoms. The van der Waals surface area contributed by atoms with Crippen molar-refractivity contribution in [2.45, 2.75) is 5.16 Å². The molecule has 2 amide bonds. The second-order valence-corrected chi connectivity index (χ2v) is 8.97. The predicted octanol–water partition coefficient (Wildman–Crippen LogP) is 2.96. The van der Waals surface area contributed by atoms with Crippen LogP contribution < -0.4 is 20.6 Å². The molecule has 4 aromatic rings. The van der Waals surface area contributed by atoms with Gasteiger partial charge in [-0.15, -0.1) is 10.2 Å². The average Bonchev–Trinajstić information content (AvgIpc) is 3.39. The third kappa shape index (κ3) is 6.99. The van der Waals surface area contributed by atoms with Crippen LogP contribution in [0.25, 0.3) is 17.1 Å². The molecule has 0 aliphatic rings. The van der Waals surface area contributed by atoms with Crippen LogP contribution in [0.2, 0.25) is 0 Å². The van der Waals surface area contributed by atoms with Crippen LogP contribution in [0.15, 0.2) is 83.1 Å². The second kappa shape index (κ2) is 13.0. The van der Waals surface area contributed by atoms with Gasteiger partial charge in [-0.1, -0.05) is 42.1 Å². The van der Waals surface area contributed by atoms with Gasteiger partial charge in [-0.25, -0.2) is 5.43 Å². The van der Waals surface area contributed by atoms with Gasteiger partial charge >= 0.3 is 0 Å². The lowest BCUT2D eigenvalue weighted by atomic mass is 10.2. The van der Waals surface area contributed by atoms with E-state index in [0.717, 1.165) is 17.4 Å². The number of amides is 2. The topological polar surface area (TPSA) is 177 Å². The van der Waals surface area contributed by atoms with Crippen LogP contribution in [0.5, 0.6) is 11.5 Å².